The minimum absolute atomic E-state index is 0.000106. The average Bonchev–Trinajstić information content (AvgIpc) is 3.23. The topological polar surface area (TPSA) is 80.6 Å². The van der Waals surface area contributed by atoms with Crippen molar-refractivity contribution in [2.24, 2.45) is 0 Å². The molecule has 0 radical (unpaired) electrons. The van der Waals surface area contributed by atoms with Crippen molar-refractivity contribution in [2.45, 2.75) is 32.2 Å². The predicted molar refractivity (Wildman–Crippen MR) is 107 cm³/mol. The first kappa shape index (κ1) is 19.1. The van der Waals surface area contributed by atoms with Crippen molar-refractivity contribution in [2.75, 3.05) is 44.3 Å². The van der Waals surface area contributed by atoms with Gasteiger partial charge in [-0.3, -0.25) is 9.59 Å². The number of likely N-dealkylation sites (tertiary alicyclic amines) is 1. The fraction of sp³-hybridized carbons (Fsp3) is 0.579. The highest BCUT2D eigenvalue weighted by atomic mass is 32.1. The number of anilines is 1. The molecule has 0 aliphatic carbocycles. The molecule has 2 aromatic rings. The zero-order valence-corrected chi connectivity index (χ0v) is 16.9. The van der Waals surface area contributed by atoms with Crippen LogP contribution in [-0.4, -0.2) is 65.0 Å². The molecule has 1 amide bonds. The lowest BCUT2D eigenvalue weighted by molar-refractivity contribution is 0.0674. The minimum atomic E-state index is -0.116. The van der Waals surface area contributed by atoms with Crippen LogP contribution in [0.1, 0.15) is 40.5 Å². The van der Waals surface area contributed by atoms with E-state index in [1.54, 1.807) is 18.5 Å². The number of aromatic nitrogens is 3. The number of carbonyl (C=O) groups excluding carboxylic acids is 1. The van der Waals surface area contributed by atoms with Crippen molar-refractivity contribution in [3.05, 3.63) is 38.7 Å². The monoisotopic (exact) mass is 403 g/mol. The normalized spacial score (nSPS) is 20.4. The minimum Gasteiger partial charge on any atom is -0.378 e. The van der Waals surface area contributed by atoms with Crippen LogP contribution in [0.15, 0.2) is 23.3 Å². The van der Waals surface area contributed by atoms with Gasteiger partial charge in [-0.1, -0.05) is 6.92 Å². The van der Waals surface area contributed by atoms with E-state index in [1.807, 2.05) is 11.8 Å². The maximum absolute atomic E-state index is 12.8. The van der Waals surface area contributed by atoms with Crippen LogP contribution in [-0.2, 0) is 11.2 Å². The Labute approximate surface area is 167 Å². The van der Waals surface area contributed by atoms with Crippen molar-refractivity contribution >= 4 is 22.9 Å². The molecule has 0 unspecified atom stereocenters. The van der Waals surface area contributed by atoms with Crippen LogP contribution in [0, 0.1) is 0 Å². The van der Waals surface area contributed by atoms with Gasteiger partial charge in [-0.2, -0.15) is 5.10 Å². The van der Waals surface area contributed by atoms with Gasteiger partial charge in [0.1, 0.15) is 4.88 Å². The molecule has 1 atom stereocenters. The van der Waals surface area contributed by atoms with Crippen LogP contribution in [0.2, 0.25) is 0 Å². The summed E-state index contributed by atoms with van der Waals surface area (Å²) in [4.78, 5) is 34.4. The van der Waals surface area contributed by atoms with Gasteiger partial charge in [-0.25, -0.2) is 9.67 Å². The summed E-state index contributed by atoms with van der Waals surface area (Å²) in [5.74, 6) is -0.000106. The third kappa shape index (κ3) is 3.95. The zero-order chi connectivity index (χ0) is 19.5. The molecule has 8 nitrogen and oxygen atoms in total. The molecule has 2 aliphatic rings. The van der Waals surface area contributed by atoms with Gasteiger partial charge in [0.2, 0.25) is 0 Å². The summed E-state index contributed by atoms with van der Waals surface area (Å²) in [6.07, 6.45) is 5.95. The predicted octanol–water partition coefficient (Wildman–Crippen LogP) is 1.58. The summed E-state index contributed by atoms with van der Waals surface area (Å²) < 4.78 is 6.90. The average molecular weight is 404 g/mol. The van der Waals surface area contributed by atoms with Crippen molar-refractivity contribution in [3.8, 4) is 0 Å². The molecule has 0 aromatic carbocycles. The molecule has 2 aromatic heterocycles. The largest absolute Gasteiger partial charge is 0.378 e. The van der Waals surface area contributed by atoms with Gasteiger partial charge < -0.3 is 14.5 Å². The van der Waals surface area contributed by atoms with Crippen molar-refractivity contribution in [1.29, 1.82) is 0 Å². The summed E-state index contributed by atoms with van der Waals surface area (Å²) in [5, 5.41) is 5.40. The first-order valence-corrected chi connectivity index (χ1v) is 10.6. The van der Waals surface area contributed by atoms with Crippen LogP contribution in [0.3, 0.4) is 0 Å². The fourth-order valence-corrected chi connectivity index (χ4v) is 4.57. The van der Waals surface area contributed by atoms with Crippen LogP contribution < -0.4 is 10.5 Å². The van der Waals surface area contributed by atoms with E-state index >= 15 is 0 Å². The van der Waals surface area contributed by atoms with E-state index in [9.17, 15) is 9.59 Å². The summed E-state index contributed by atoms with van der Waals surface area (Å²) in [6, 6.07) is 1.55. The summed E-state index contributed by atoms with van der Waals surface area (Å²) >= 11 is 1.45. The van der Waals surface area contributed by atoms with E-state index < -0.39 is 0 Å². The van der Waals surface area contributed by atoms with Gasteiger partial charge in [0, 0.05) is 32.2 Å². The number of hydrogen-bond acceptors (Lipinski definition) is 7. The second kappa shape index (κ2) is 8.40. The number of rotatable bonds is 4. The molecule has 4 rings (SSSR count). The highest BCUT2D eigenvalue weighted by Gasteiger charge is 2.28. The van der Waals surface area contributed by atoms with E-state index in [0.29, 0.717) is 31.2 Å². The molecule has 9 heteroatoms. The molecule has 4 heterocycles. The molecular weight excluding hydrogens is 378 g/mol. The second-order valence-corrected chi connectivity index (χ2v) is 8.23. The third-order valence-electron chi connectivity index (χ3n) is 5.28. The number of piperidine rings is 1. The second-order valence-electron chi connectivity index (χ2n) is 7.12. The Morgan fingerprint density at radius 1 is 1.29 bits per heavy atom. The molecule has 150 valence electrons. The van der Waals surface area contributed by atoms with Crippen LogP contribution in [0.4, 0.5) is 5.69 Å². The lowest BCUT2D eigenvalue weighted by atomic mass is 10.1. The summed E-state index contributed by atoms with van der Waals surface area (Å²) in [6.45, 7) is 6.11. The maximum atomic E-state index is 12.8. The molecule has 28 heavy (non-hydrogen) atoms. The lowest BCUT2D eigenvalue weighted by Gasteiger charge is -2.33. The Morgan fingerprint density at radius 3 is 2.82 bits per heavy atom. The van der Waals surface area contributed by atoms with E-state index in [-0.39, 0.29) is 17.5 Å². The van der Waals surface area contributed by atoms with E-state index in [1.165, 1.54) is 16.0 Å². The molecular formula is C19H25N5O3S. The quantitative estimate of drug-likeness (QED) is 0.771. The Hall–Kier alpha value is -2.26. The Morgan fingerprint density at radius 2 is 2.11 bits per heavy atom. The molecule has 0 bridgehead atoms. The molecule has 2 saturated heterocycles. The Bertz CT molecular complexity index is 890. The highest BCUT2D eigenvalue weighted by molar-refractivity contribution is 7.13. The Balaban J connectivity index is 1.48. The van der Waals surface area contributed by atoms with Crippen molar-refractivity contribution in [3.63, 3.8) is 0 Å². The molecule has 0 N–H and O–H groups in total. The molecule has 2 aliphatic heterocycles. The first-order valence-electron chi connectivity index (χ1n) is 9.81. The van der Waals surface area contributed by atoms with Crippen LogP contribution in [0.25, 0.3) is 0 Å². The fourth-order valence-electron chi connectivity index (χ4n) is 3.74. The number of nitrogens with zero attached hydrogens (tertiary/aromatic N) is 5. The number of ether oxygens (including phenoxy) is 1. The van der Waals surface area contributed by atoms with Gasteiger partial charge in [-0.05, 0) is 19.3 Å². The third-order valence-corrected chi connectivity index (χ3v) is 6.41. The van der Waals surface area contributed by atoms with Crippen LogP contribution >= 0.6 is 11.3 Å². The Kier molecular flexibility index (Phi) is 5.72. The van der Waals surface area contributed by atoms with Gasteiger partial charge >= 0.3 is 0 Å². The smallest absolute Gasteiger partial charge is 0.269 e. The van der Waals surface area contributed by atoms with Crippen LogP contribution in [0.5, 0.6) is 0 Å². The van der Waals surface area contributed by atoms with Gasteiger partial charge in [0.25, 0.3) is 11.5 Å². The number of aryl methyl sites for hydroxylation is 1. The van der Waals surface area contributed by atoms with E-state index in [2.05, 4.69) is 15.0 Å². The number of hydrogen-bond donors (Lipinski definition) is 0. The lowest BCUT2D eigenvalue weighted by Crippen LogP contribution is -2.43. The molecule has 0 saturated carbocycles. The number of thiazole rings is 1. The SMILES string of the molecule is CCc1ncc(C(=O)N2CCC[C@H](n3ncc(N4CCOCC4)cc3=O)C2)s1. The van der Waals surface area contributed by atoms with E-state index in [0.717, 1.165) is 43.0 Å². The zero-order valence-electron chi connectivity index (χ0n) is 16.0. The summed E-state index contributed by atoms with van der Waals surface area (Å²) in [7, 11) is 0. The standard InChI is InChI=1S/C19H25N5O3S/c1-2-17-20-12-16(28-17)19(26)23-5-3-4-14(13-23)24-18(25)10-15(11-21-24)22-6-8-27-9-7-22/h10-12,14H,2-9,13H2,1H3/t14-/m0/s1. The van der Waals surface area contributed by atoms with Crippen molar-refractivity contribution < 1.29 is 9.53 Å². The maximum Gasteiger partial charge on any atom is 0.269 e. The van der Waals surface area contributed by atoms with Gasteiger partial charge in [0.05, 0.1) is 42.3 Å². The first-order chi connectivity index (χ1) is 13.7. The molecule has 2 fully saturated rings. The van der Waals surface area contributed by atoms with Gasteiger partial charge in [-0.15, -0.1) is 11.3 Å². The number of morpholine rings is 1. The number of amides is 1. The molecule has 0 spiro atoms. The van der Waals surface area contributed by atoms with Gasteiger partial charge in [0.15, 0.2) is 0 Å². The number of carbonyl (C=O) groups is 1. The highest BCUT2D eigenvalue weighted by Crippen LogP contribution is 2.24. The summed E-state index contributed by atoms with van der Waals surface area (Å²) in [5.41, 5.74) is 0.722. The van der Waals surface area contributed by atoms with E-state index in [4.69, 9.17) is 4.74 Å². The van der Waals surface area contributed by atoms with Crippen molar-refractivity contribution in [1.82, 2.24) is 19.7 Å².